The molecule has 1 N–H and O–H groups in total. The molecule has 0 bridgehead atoms. The second kappa shape index (κ2) is 8.91. The molecule has 2 aromatic rings. The highest BCUT2D eigenvalue weighted by atomic mass is 32.2. The molecule has 0 aliphatic heterocycles. The number of carbonyl (C=O) groups excluding carboxylic acids is 2. The Hall–Kier alpha value is -2.26. The SMILES string of the molecule is C[C@H](NC(=O)COC(=O)CCS(=O)(=O)c1ccc(F)cc1)c1cccs1. The Labute approximate surface area is 154 Å². The van der Waals surface area contributed by atoms with Crippen LogP contribution < -0.4 is 5.32 Å². The maximum absolute atomic E-state index is 12.8. The van der Waals surface area contributed by atoms with Gasteiger partial charge in [-0.2, -0.15) is 0 Å². The lowest BCUT2D eigenvalue weighted by molar-refractivity contribution is -0.148. The monoisotopic (exact) mass is 399 g/mol. The van der Waals surface area contributed by atoms with Crippen molar-refractivity contribution >= 4 is 33.1 Å². The van der Waals surface area contributed by atoms with E-state index in [0.29, 0.717) is 0 Å². The Morgan fingerprint density at radius 1 is 1.23 bits per heavy atom. The molecule has 9 heteroatoms. The van der Waals surface area contributed by atoms with E-state index in [1.54, 1.807) is 6.92 Å². The van der Waals surface area contributed by atoms with Crippen molar-refractivity contribution in [3.63, 3.8) is 0 Å². The maximum atomic E-state index is 12.8. The molecule has 6 nitrogen and oxygen atoms in total. The number of rotatable bonds is 8. The van der Waals surface area contributed by atoms with Gasteiger partial charge in [0.25, 0.3) is 5.91 Å². The van der Waals surface area contributed by atoms with Crippen molar-refractivity contribution in [1.29, 1.82) is 0 Å². The predicted molar refractivity (Wildman–Crippen MR) is 94.9 cm³/mol. The molecule has 0 spiro atoms. The number of benzene rings is 1. The standard InChI is InChI=1S/C17H18FNO5S2/c1-12(15-3-2-9-25-15)19-16(20)11-24-17(21)8-10-26(22,23)14-6-4-13(18)5-7-14/h2-7,9,12H,8,10-11H2,1H3,(H,19,20)/t12-/m0/s1. The van der Waals surface area contributed by atoms with Gasteiger partial charge in [-0.1, -0.05) is 6.07 Å². The fourth-order valence-corrected chi connectivity index (χ4v) is 4.04. The maximum Gasteiger partial charge on any atom is 0.307 e. The van der Waals surface area contributed by atoms with Crippen LogP contribution in [0.2, 0.25) is 0 Å². The van der Waals surface area contributed by atoms with E-state index in [1.165, 1.54) is 11.3 Å². The quantitative estimate of drug-likeness (QED) is 0.544. The fraction of sp³-hybridized carbons (Fsp3) is 0.294. The van der Waals surface area contributed by atoms with Crippen LogP contribution in [0, 0.1) is 5.82 Å². The van der Waals surface area contributed by atoms with Crippen LogP contribution in [0.5, 0.6) is 0 Å². The zero-order valence-electron chi connectivity index (χ0n) is 14.0. The van der Waals surface area contributed by atoms with E-state index in [1.807, 2.05) is 17.5 Å². The van der Waals surface area contributed by atoms with Crippen molar-refractivity contribution in [3.05, 3.63) is 52.5 Å². The molecule has 0 aliphatic carbocycles. The summed E-state index contributed by atoms with van der Waals surface area (Å²) in [5.74, 6) is -2.30. The smallest absolute Gasteiger partial charge is 0.307 e. The van der Waals surface area contributed by atoms with E-state index >= 15 is 0 Å². The minimum absolute atomic E-state index is 0.0748. The Balaban J connectivity index is 1.76. The number of nitrogens with one attached hydrogen (secondary N) is 1. The Bertz CT molecular complexity index is 848. The zero-order chi connectivity index (χ0) is 19.2. The minimum Gasteiger partial charge on any atom is -0.456 e. The summed E-state index contributed by atoms with van der Waals surface area (Å²) >= 11 is 1.49. The Morgan fingerprint density at radius 3 is 2.54 bits per heavy atom. The third kappa shape index (κ3) is 5.92. The van der Waals surface area contributed by atoms with Crippen molar-refractivity contribution in [1.82, 2.24) is 5.32 Å². The third-order valence-electron chi connectivity index (χ3n) is 3.46. The molecular weight excluding hydrogens is 381 g/mol. The molecule has 1 heterocycles. The van der Waals surface area contributed by atoms with Crippen LogP contribution in [-0.4, -0.2) is 32.7 Å². The predicted octanol–water partition coefficient (Wildman–Crippen LogP) is 2.47. The second-order valence-electron chi connectivity index (χ2n) is 5.49. The van der Waals surface area contributed by atoms with Crippen molar-refractivity contribution < 1.29 is 27.1 Å². The normalized spacial score (nSPS) is 12.4. The summed E-state index contributed by atoms with van der Waals surface area (Å²) in [6.45, 7) is 1.33. The van der Waals surface area contributed by atoms with Gasteiger partial charge in [-0.15, -0.1) is 11.3 Å². The summed E-state index contributed by atoms with van der Waals surface area (Å²) in [7, 11) is -3.73. The molecule has 26 heavy (non-hydrogen) atoms. The highest BCUT2D eigenvalue weighted by Crippen LogP contribution is 2.18. The minimum atomic E-state index is -3.73. The van der Waals surface area contributed by atoms with E-state index in [-0.39, 0.29) is 10.9 Å². The number of sulfone groups is 1. The first-order chi connectivity index (χ1) is 12.3. The molecule has 0 unspecified atom stereocenters. The summed E-state index contributed by atoms with van der Waals surface area (Å²) in [6.07, 6.45) is -0.395. The summed E-state index contributed by atoms with van der Waals surface area (Å²) in [5.41, 5.74) is 0. The molecule has 140 valence electrons. The van der Waals surface area contributed by atoms with Crippen molar-refractivity contribution in [3.8, 4) is 0 Å². The lowest BCUT2D eigenvalue weighted by Gasteiger charge is -2.12. The number of ether oxygens (including phenoxy) is 1. The summed E-state index contributed by atoms with van der Waals surface area (Å²) in [5, 5.41) is 4.57. The van der Waals surface area contributed by atoms with Gasteiger partial charge in [0.2, 0.25) is 0 Å². The molecule has 0 saturated heterocycles. The van der Waals surface area contributed by atoms with Crippen LogP contribution >= 0.6 is 11.3 Å². The zero-order valence-corrected chi connectivity index (χ0v) is 15.6. The lowest BCUT2D eigenvalue weighted by atomic mass is 10.3. The molecule has 0 saturated carbocycles. The lowest BCUT2D eigenvalue weighted by Crippen LogP contribution is -2.31. The first-order valence-corrected chi connectivity index (χ1v) is 10.3. The first-order valence-electron chi connectivity index (χ1n) is 7.74. The molecular formula is C17H18FNO5S2. The molecule has 0 fully saturated rings. The van der Waals surface area contributed by atoms with Gasteiger partial charge in [0.1, 0.15) is 5.82 Å². The van der Waals surface area contributed by atoms with Crippen molar-refractivity contribution in [2.75, 3.05) is 12.4 Å². The summed E-state index contributed by atoms with van der Waals surface area (Å²) in [4.78, 5) is 24.3. The number of halogens is 1. The van der Waals surface area contributed by atoms with Gasteiger partial charge in [-0.3, -0.25) is 9.59 Å². The first kappa shape index (κ1) is 20.1. The average Bonchev–Trinajstić information content (AvgIpc) is 3.13. The number of carbonyl (C=O) groups is 2. The molecule has 0 radical (unpaired) electrons. The summed E-state index contributed by atoms with van der Waals surface area (Å²) < 4.78 is 41.7. The number of amides is 1. The van der Waals surface area contributed by atoms with Gasteiger partial charge in [-0.25, -0.2) is 12.8 Å². The van der Waals surface area contributed by atoms with E-state index < -0.39 is 46.3 Å². The Morgan fingerprint density at radius 2 is 1.92 bits per heavy atom. The van der Waals surface area contributed by atoms with Crippen LogP contribution in [0.1, 0.15) is 24.3 Å². The number of hydrogen-bond donors (Lipinski definition) is 1. The number of thiophene rings is 1. The van der Waals surface area contributed by atoms with E-state index in [4.69, 9.17) is 4.74 Å². The van der Waals surface area contributed by atoms with Gasteiger partial charge in [0.05, 0.1) is 23.1 Å². The van der Waals surface area contributed by atoms with E-state index in [2.05, 4.69) is 5.32 Å². The Kier molecular flexibility index (Phi) is 6.87. The van der Waals surface area contributed by atoms with Crippen LogP contribution in [-0.2, 0) is 24.2 Å². The van der Waals surface area contributed by atoms with Crippen molar-refractivity contribution in [2.45, 2.75) is 24.3 Å². The van der Waals surface area contributed by atoms with Gasteiger partial charge < -0.3 is 10.1 Å². The number of hydrogen-bond acceptors (Lipinski definition) is 6. The van der Waals surface area contributed by atoms with Gasteiger partial charge >= 0.3 is 5.97 Å². The van der Waals surface area contributed by atoms with Crippen LogP contribution in [0.15, 0.2) is 46.7 Å². The highest BCUT2D eigenvalue weighted by Gasteiger charge is 2.18. The van der Waals surface area contributed by atoms with Crippen molar-refractivity contribution in [2.24, 2.45) is 0 Å². The molecule has 1 aromatic carbocycles. The topological polar surface area (TPSA) is 89.5 Å². The average molecular weight is 399 g/mol. The van der Waals surface area contributed by atoms with Gasteiger partial charge in [0.15, 0.2) is 16.4 Å². The fourth-order valence-electron chi connectivity index (χ4n) is 2.09. The number of esters is 1. The third-order valence-corrected chi connectivity index (χ3v) is 6.25. The molecule has 1 amide bonds. The van der Waals surface area contributed by atoms with Gasteiger partial charge in [-0.05, 0) is 42.6 Å². The largest absolute Gasteiger partial charge is 0.456 e. The van der Waals surface area contributed by atoms with Crippen LogP contribution in [0.4, 0.5) is 4.39 Å². The van der Waals surface area contributed by atoms with Gasteiger partial charge in [0, 0.05) is 4.88 Å². The molecule has 2 rings (SSSR count). The molecule has 1 aromatic heterocycles. The van der Waals surface area contributed by atoms with E-state index in [9.17, 15) is 22.4 Å². The second-order valence-corrected chi connectivity index (χ2v) is 8.58. The highest BCUT2D eigenvalue weighted by molar-refractivity contribution is 7.91. The van der Waals surface area contributed by atoms with Crippen LogP contribution in [0.3, 0.4) is 0 Å². The van der Waals surface area contributed by atoms with E-state index in [0.717, 1.165) is 29.1 Å². The van der Waals surface area contributed by atoms with Crippen LogP contribution in [0.25, 0.3) is 0 Å². The summed E-state index contributed by atoms with van der Waals surface area (Å²) in [6, 6.07) is 7.87. The molecule has 1 atom stereocenters. The molecule has 0 aliphatic rings.